The summed E-state index contributed by atoms with van der Waals surface area (Å²) in [7, 11) is -4.15. The molecule has 160 valence electrons. The van der Waals surface area contributed by atoms with Gasteiger partial charge in [0.1, 0.15) is 6.04 Å². The van der Waals surface area contributed by atoms with Gasteiger partial charge >= 0.3 is 0 Å². The molecule has 3 rings (SSSR count). The minimum atomic E-state index is -4.15. The molecule has 9 nitrogen and oxygen atoms in total. The number of hydrogen-bond donors (Lipinski definition) is 1. The third kappa shape index (κ3) is 4.70. The number of amides is 2. The van der Waals surface area contributed by atoms with Gasteiger partial charge in [-0.05, 0) is 18.2 Å². The van der Waals surface area contributed by atoms with Crippen LogP contribution in [0, 0.1) is 11.3 Å². The van der Waals surface area contributed by atoms with Crippen LogP contribution in [0.15, 0.2) is 35.5 Å². The van der Waals surface area contributed by atoms with E-state index in [4.69, 9.17) is 28.5 Å². The normalized spacial score (nSPS) is 20.0. The molecule has 2 aliphatic heterocycles. The van der Waals surface area contributed by atoms with Crippen molar-refractivity contribution in [1.82, 2.24) is 19.4 Å². The van der Waals surface area contributed by atoms with E-state index in [-0.39, 0.29) is 33.8 Å². The Labute approximate surface area is 184 Å². The minimum absolute atomic E-state index is 0.0612. The quantitative estimate of drug-likeness (QED) is 0.640. The third-order valence-corrected chi connectivity index (χ3v) is 7.43. The maximum Gasteiger partial charge on any atom is 0.264 e. The third-order valence-electron chi connectivity index (χ3n) is 4.91. The number of nitrogens with zero attached hydrogens (tertiary/aromatic N) is 4. The highest BCUT2D eigenvalue weighted by atomic mass is 35.5. The van der Waals surface area contributed by atoms with Gasteiger partial charge in [-0.15, -0.1) is 0 Å². The molecule has 0 spiro atoms. The van der Waals surface area contributed by atoms with Crippen LogP contribution in [-0.4, -0.2) is 73.1 Å². The van der Waals surface area contributed by atoms with E-state index in [9.17, 15) is 18.0 Å². The summed E-state index contributed by atoms with van der Waals surface area (Å²) in [5.74, 6) is -0.936. The Morgan fingerprint density at radius 1 is 1.20 bits per heavy atom. The van der Waals surface area contributed by atoms with Crippen molar-refractivity contribution in [2.45, 2.75) is 17.4 Å². The molecular formula is C18H19Cl2N5O4S. The molecule has 0 saturated carbocycles. The van der Waals surface area contributed by atoms with Crippen molar-refractivity contribution in [3.8, 4) is 6.07 Å². The van der Waals surface area contributed by atoms with Gasteiger partial charge in [0, 0.05) is 38.6 Å². The van der Waals surface area contributed by atoms with Gasteiger partial charge in [-0.2, -0.15) is 5.26 Å². The van der Waals surface area contributed by atoms with Crippen molar-refractivity contribution in [1.29, 1.82) is 5.26 Å². The largest absolute Gasteiger partial charge is 0.340 e. The highest BCUT2D eigenvalue weighted by Gasteiger charge is 2.38. The SMILES string of the molecule is N#CCN1CCN(C(=O)C[C@H]2C(=O)NC=CN2S(=O)(=O)c2ccc(Cl)c(Cl)c2)CC1. The summed E-state index contributed by atoms with van der Waals surface area (Å²) in [6.07, 6.45) is 2.11. The number of carbonyl (C=O) groups excluding carboxylic acids is 2. The predicted octanol–water partition coefficient (Wildman–Crippen LogP) is 1.01. The molecule has 1 aromatic rings. The lowest BCUT2D eigenvalue weighted by Gasteiger charge is -2.36. The summed E-state index contributed by atoms with van der Waals surface area (Å²) in [5.41, 5.74) is 0. The van der Waals surface area contributed by atoms with E-state index in [1.807, 2.05) is 4.90 Å². The Morgan fingerprint density at radius 3 is 2.53 bits per heavy atom. The van der Waals surface area contributed by atoms with Crippen molar-refractivity contribution >= 4 is 45.0 Å². The molecule has 12 heteroatoms. The van der Waals surface area contributed by atoms with Crippen molar-refractivity contribution < 1.29 is 18.0 Å². The zero-order valence-corrected chi connectivity index (χ0v) is 18.1. The highest BCUT2D eigenvalue weighted by molar-refractivity contribution is 7.89. The summed E-state index contributed by atoms with van der Waals surface area (Å²) in [4.78, 5) is 28.5. The predicted molar refractivity (Wildman–Crippen MR) is 110 cm³/mol. The standard InChI is InChI=1S/C18H19Cl2N5O4S/c19-14-2-1-13(11-15(14)20)30(28,29)25-6-4-22-18(27)16(25)12-17(26)24-9-7-23(5-3-21)8-10-24/h1-2,4,6,11,16H,5,7-10,12H2,(H,22,27)/t16-/m0/s1. The van der Waals surface area contributed by atoms with E-state index >= 15 is 0 Å². The molecule has 2 amide bonds. The number of nitrogens with one attached hydrogen (secondary N) is 1. The van der Waals surface area contributed by atoms with Crippen molar-refractivity contribution in [3.05, 3.63) is 40.6 Å². The van der Waals surface area contributed by atoms with E-state index in [0.717, 1.165) is 4.31 Å². The van der Waals surface area contributed by atoms with Crippen molar-refractivity contribution in [3.63, 3.8) is 0 Å². The van der Waals surface area contributed by atoms with E-state index in [1.54, 1.807) is 4.90 Å². The fourth-order valence-electron chi connectivity index (χ4n) is 3.25. The molecule has 2 heterocycles. The lowest BCUT2D eigenvalue weighted by atomic mass is 10.1. The molecule has 0 aliphatic carbocycles. The van der Waals surface area contributed by atoms with E-state index in [1.165, 1.54) is 30.6 Å². The lowest BCUT2D eigenvalue weighted by Crippen LogP contribution is -2.53. The summed E-state index contributed by atoms with van der Waals surface area (Å²) in [5, 5.41) is 11.5. The van der Waals surface area contributed by atoms with Crippen LogP contribution in [0.5, 0.6) is 0 Å². The highest BCUT2D eigenvalue weighted by Crippen LogP contribution is 2.29. The van der Waals surface area contributed by atoms with E-state index in [0.29, 0.717) is 26.2 Å². The van der Waals surface area contributed by atoms with Crippen LogP contribution < -0.4 is 5.32 Å². The Kier molecular flexibility index (Phi) is 6.88. The number of rotatable bonds is 5. The Morgan fingerprint density at radius 2 is 1.90 bits per heavy atom. The average molecular weight is 472 g/mol. The number of piperazine rings is 1. The molecule has 30 heavy (non-hydrogen) atoms. The second-order valence-corrected chi connectivity index (χ2v) is 9.43. The van der Waals surface area contributed by atoms with Gasteiger partial charge in [-0.25, -0.2) is 8.42 Å². The van der Waals surface area contributed by atoms with Crippen LogP contribution in [0.3, 0.4) is 0 Å². The van der Waals surface area contributed by atoms with Gasteiger partial charge in [-0.1, -0.05) is 23.2 Å². The van der Waals surface area contributed by atoms with E-state index in [2.05, 4.69) is 11.4 Å². The summed E-state index contributed by atoms with van der Waals surface area (Å²) >= 11 is 11.8. The van der Waals surface area contributed by atoms with Crippen molar-refractivity contribution in [2.75, 3.05) is 32.7 Å². The second-order valence-electron chi connectivity index (χ2n) is 6.77. The topological polar surface area (TPSA) is 114 Å². The number of halogens is 2. The monoisotopic (exact) mass is 471 g/mol. The molecule has 0 unspecified atom stereocenters. The molecule has 1 aromatic carbocycles. The molecule has 1 saturated heterocycles. The van der Waals surface area contributed by atoms with Gasteiger partial charge in [0.15, 0.2) is 0 Å². The summed E-state index contributed by atoms with van der Waals surface area (Å²) in [6.45, 7) is 2.19. The zero-order chi connectivity index (χ0) is 21.9. The van der Waals surface area contributed by atoms with Crippen molar-refractivity contribution in [2.24, 2.45) is 0 Å². The first-order chi connectivity index (χ1) is 14.2. The lowest BCUT2D eigenvalue weighted by molar-refractivity contribution is -0.137. The Hall–Kier alpha value is -2.32. The van der Waals surface area contributed by atoms with Crippen LogP contribution in [0.1, 0.15) is 6.42 Å². The molecule has 1 N–H and O–H groups in total. The molecule has 0 aromatic heterocycles. The van der Waals surface area contributed by atoms with Crippen LogP contribution >= 0.6 is 23.2 Å². The smallest absolute Gasteiger partial charge is 0.264 e. The first-order valence-corrected chi connectivity index (χ1v) is 11.3. The molecular weight excluding hydrogens is 453 g/mol. The number of hydrogen-bond acceptors (Lipinski definition) is 6. The summed E-state index contributed by atoms with van der Waals surface area (Å²) in [6, 6.07) is 4.68. The summed E-state index contributed by atoms with van der Waals surface area (Å²) < 4.78 is 27.1. The van der Waals surface area contributed by atoms with Gasteiger partial charge in [-0.3, -0.25) is 18.8 Å². The average Bonchev–Trinajstić information content (AvgIpc) is 2.72. The van der Waals surface area contributed by atoms with E-state index < -0.39 is 22.0 Å². The van der Waals surface area contributed by atoms with Crippen LogP contribution in [-0.2, 0) is 19.6 Å². The van der Waals surface area contributed by atoms with Gasteiger partial charge in [0.25, 0.3) is 10.0 Å². The number of benzene rings is 1. The number of nitriles is 1. The molecule has 2 aliphatic rings. The fraction of sp³-hybridized carbons (Fsp3) is 0.389. The van der Waals surface area contributed by atoms with Gasteiger partial charge in [0.05, 0.1) is 34.0 Å². The first-order valence-electron chi connectivity index (χ1n) is 9.07. The molecule has 0 radical (unpaired) electrons. The Balaban J connectivity index is 1.78. The van der Waals surface area contributed by atoms with Crippen LogP contribution in [0.4, 0.5) is 0 Å². The number of carbonyl (C=O) groups is 2. The fourth-order valence-corrected chi connectivity index (χ4v) is 5.09. The first kappa shape index (κ1) is 22.4. The van der Waals surface area contributed by atoms with Crippen LogP contribution in [0.2, 0.25) is 10.0 Å². The van der Waals surface area contributed by atoms with Gasteiger partial charge in [0.2, 0.25) is 11.8 Å². The molecule has 1 atom stereocenters. The molecule has 0 bridgehead atoms. The Bertz CT molecular complexity index is 1020. The minimum Gasteiger partial charge on any atom is -0.340 e. The number of sulfonamides is 1. The maximum absolute atomic E-state index is 13.1. The zero-order valence-electron chi connectivity index (χ0n) is 15.8. The maximum atomic E-state index is 13.1. The van der Waals surface area contributed by atoms with Crippen LogP contribution in [0.25, 0.3) is 0 Å². The second kappa shape index (κ2) is 9.22. The van der Waals surface area contributed by atoms with Gasteiger partial charge < -0.3 is 10.2 Å². The molecule has 1 fully saturated rings.